The molecule has 1 atom stereocenters. The predicted octanol–water partition coefficient (Wildman–Crippen LogP) is -0.598. The van der Waals surface area contributed by atoms with E-state index in [9.17, 15) is 9.59 Å². The monoisotopic (exact) mass is 236 g/mol. The molecule has 1 aliphatic rings. The zero-order valence-electron chi connectivity index (χ0n) is 9.80. The zero-order valence-corrected chi connectivity index (χ0v) is 9.80. The molecule has 92 valence electrons. The lowest BCUT2D eigenvalue weighted by Gasteiger charge is -2.23. The molecule has 0 spiro atoms. The second kappa shape index (κ2) is 4.99. The Hall–Kier alpha value is -1.85. The lowest BCUT2D eigenvalue weighted by Crippen LogP contribution is -2.38. The smallest absolute Gasteiger partial charge is 0.221 e. The first-order valence-electron chi connectivity index (χ1n) is 5.67. The maximum absolute atomic E-state index is 11.1. The van der Waals surface area contributed by atoms with E-state index < -0.39 is 0 Å². The first-order valence-corrected chi connectivity index (χ1v) is 5.67. The second-order valence-corrected chi connectivity index (χ2v) is 4.13. The molecular weight excluding hydrogens is 220 g/mol. The molecular formula is C11H16N4O2. The number of hydrogen-bond acceptors (Lipinski definition) is 3. The van der Waals surface area contributed by atoms with Crippen LogP contribution in [0.25, 0.3) is 0 Å². The summed E-state index contributed by atoms with van der Waals surface area (Å²) in [6.07, 6.45) is 3.74. The maximum Gasteiger partial charge on any atom is 0.221 e. The molecule has 0 saturated heterocycles. The highest BCUT2D eigenvalue weighted by atomic mass is 16.2. The Morgan fingerprint density at radius 2 is 2.59 bits per heavy atom. The fraction of sp³-hybridized carbons (Fsp3) is 0.545. The second-order valence-electron chi connectivity index (χ2n) is 4.13. The number of carbonyl (C=O) groups is 2. The summed E-state index contributed by atoms with van der Waals surface area (Å²) in [5.41, 5.74) is 1.14. The van der Waals surface area contributed by atoms with Crippen molar-refractivity contribution in [2.45, 2.75) is 25.4 Å². The van der Waals surface area contributed by atoms with Gasteiger partial charge in [0.1, 0.15) is 0 Å². The zero-order chi connectivity index (χ0) is 12.3. The normalized spacial score (nSPS) is 17.6. The minimum Gasteiger partial charge on any atom is -0.359 e. The van der Waals surface area contributed by atoms with E-state index in [-0.39, 0.29) is 11.9 Å². The Bertz CT molecular complexity index is 395. The van der Waals surface area contributed by atoms with Crippen LogP contribution >= 0.6 is 0 Å². The van der Waals surface area contributed by atoms with E-state index in [1.807, 2.05) is 10.7 Å². The van der Waals surface area contributed by atoms with Crippen molar-refractivity contribution in [3.05, 3.63) is 18.0 Å². The predicted molar refractivity (Wildman–Crippen MR) is 61.2 cm³/mol. The van der Waals surface area contributed by atoms with Gasteiger partial charge in [-0.2, -0.15) is 5.10 Å². The van der Waals surface area contributed by atoms with Gasteiger partial charge < -0.3 is 10.2 Å². The van der Waals surface area contributed by atoms with Crippen molar-refractivity contribution < 1.29 is 9.59 Å². The first kappa shape index (κ1) is 11.6. The van der Waals surface area contributed by atoms with E-state index in [1.54, 1.807) is 18.1 Å². The standard InChI is InChI=1S/C11H16N4O2/c1-12-11(17)3-5-14(8-16)10-6-9-2-4-13-15(9)7-10/h2,4,8,10H,3,5-7H2,1H3,(H,12,17). The third-order valence-corrected chi connectivity index (χ3v) is 3.11. The topological polar surface area (TPSA) is 67.2 Å². The van der Waals surface area contributed by atoms with Gasteiger partial charge in [0.25, 0.3) is 0 Å². The molecule has 0 fully saturated rings. The molecule has 2 heterocycles. The lowest BCUT2D eigenvalue weighted by atomic mass is 10.2. The van der Waals surface area contributed by atoms with E-state index in [2.05, 4.69) is 10.4 Å². The summed E-state index contributed by atoms with van der Waals surface area (Å²) in [6, 6.07) is 2.09. The third-order valence-electron chi connectivity index (χ3n) is 3.11. The van der Waals surface area contributed by atoms with Gasteiger partial charge in [0, 0.05) is 38.3 Å². The summed E-state index contributed by atoms with van der Waals surface area (Å²) in [4.78, 5) is 23.9. The van der Waals surface area contributed by atoms with Gasteiger partial charge >= 0.3 is 0 Å². The number of amides is 2. The average molecular weight is 236 g/mol. The molecule has 17 heavy (non-hydrogen) atoms. The summed E-state index contributed by atoms with van der Waals surface area (Å²) in [7, 11) is 1.60. The highest BCUT2D eigenvalue weighted by Crippen LogP contribution is 2.17. The van der Waals surface area contributed by atoms with E-state index in [4.69, 9.17) is 0 Å². The van der Waals surface area contributed by atoms with E-state index in [0.29, 0.717) is 13.0 Å². The van der Waals surface area contributed by atoms with Crippen molar-refractivity contribution in [3.8, 4) is 0 Å². The summed E-state index contributed by atoms with van der Waals surface area (Å²) < 4.78 is 1.90. The molecule has 0 aliphatic carbocycles. The lowest BCUT2D eigenvalue weighted by molar-refractivity contribution is -0.123. The Morgan fingerprint density at radius 1 is 1.76 bits per heavy atom. The van der Waals surface area contributed by atoms with Crippen LogP contribution < -0.4 is 5.32 Å². The van der Waals surface area contributed by atoms with Crippen molar-refractivity contribution in [1.29, 1.82) is 0 Å². The molecule has 2 amide bonds. The van der Waals surface area contributed by atoms with Crippen LogP contribution in [0, 0.1) is 0 Å². The molecule has 0 saturated carbocycles. The van der Waals surface area contributed by atoms with Gasteiger partial charge in [0.15, 0.2) is 0 Å². The van der Waals surface area contributed by atoms with Crippen molar-refractivity contribution >= 4 is 12.3 Å². The van der Waals surface area contributed by atoms with E-state index in [1.165, 1.54) is 0 Å². The number of hydrogen-bond donors (Lipinski definition) is 1. The van der Waals surface area contributed by atoms with Crippen LogP contribution in [0.3, 0.4) is 0 Å². The molecule has 1 aromatic rings. The van der Waals surface area contributed by atoms with Crippen LogP contribution in [0.2, 0.25) is 0 Å². The van der Waals surface area contributed by atoms with Crippen LogP contribution in [0.1, 0.15) is 12.1 Å². The number of rotatable bonds is 5. The van der Waals surface area contributed by atoms with Gasteiger partial charge in [-0.05, 0) is 6.07 Å². The Morgan fingerprint density at radius 3 is 3.24 bits per heavy atom. The van der Waals surface area contributed by atoms with Gasteiger partial charge in [0.05, 0.1) is 12.6 Å². The van der Waals surface area contributed by atoms with Gasteiger partial charge in [-0.25, -0.2) is 0 Å². The van der Waals surface area contributed by atoms with Crippen LogP contribution in [-0.4, -0.2) is 46.6 Å². The molecule has 6 heteroatoms. The highest BCUT2D eigenvalue weighted by Gasteiger charge is 2.26. The van der Waals surface area contributed by atoms with Crippen molar-refractivity contribution in [2.75, 3.05) is 13.6 Å². The fourth-order valence-electron chi connectivity index (χ4n) is 2.10. The fourth-order valence-corrected chi connectivity index (χ4v) is 2.10. The van der Waals surface area contributed by atoms with Crippen molar-refractivity contribution in [3.63, 3.8) is 0 Å². The summed E-state index contributed by atoms with van der Waals surface area (Å²) >= 11 is 0. The summed E-state index contributed by atoms with van der Waals surface area (Å²) in [5.74, 6) is -0.0485. The summed E-state index contributed by atoms with van der Waals surface area (Å²) in [5, 5.41) is 6.72. The number of nitrogens with one attached hydrogen (secondary N) is 1. The molecule has 1 aliphatic heterocycles. The quantitative estimate of drug-likeness (QED) is 0.694. The van der Waals surface area contributed by atoms with Crippen molar-refractivity contribution in [2.24, 2.45) is 0 Å². The molecule has 0 aromatic carbocycles. The Kier molecular flexibility index (Phi) is 3.41. The largest absolute Gasteiger partial charge is 0.359 e. The average Bonchev–Trinajstić information content (AvgIpc) is 2.90. The first-order chi connectivity index (χ1) is 8.24. The maximum atomic E-state index is 11.1. The van der Waals surface area contributed by atoms with Crippen LogP contribution in [0.4, 0.5) is 0 Å². The van der Waals surface area contributed by atoms with Gasteiger partial charge in [-0.15, -0.1) is 0 Å². The molecule has 1 aromatic heterocycles. The van der Waals surface area contributed by atoms with Gasteiger partial charge in [-0.3, -0.25) is 14.3 Å². The minimum atomic E-state index is -0.0485. The third kappa shape index (κ3) is 2.46. The molecule has 6 nitrogen and oxygen atoms in total. The summed E-state index contributed by atoms with van der Waals surface area (Å²) in [6.45, 7) is 1.17. The minimum absolute atomic E-state index is 0.0485. The number of nitrogens with zero attached hydrogens (tertiary/aromatic N) is 3. The van der Waals surface area contributed by atoms with Gasteiger partial charge in [-0.1, -0.05) is 0 Å². The van der Waals surface area contributed by atoms with Crippen LogP contribution in [-0.2, 0) is 22.6 Å². The van der Waals surface area contributed by atoms with Crippen molar-refractivity contribution in [1.82, 2.24) is 20.0 Å². The number of fused-ring (bicyclic) bond motifs is 1. The van der Waals surface area contributed by atoms with Crippen LogP contribution in [0.15, 0.2) is 12.3 Å². The Labute approximate surface area is 99.6 Å². The van der Waals surface area contributed by atoms with Crippen LogP contribution in [0.5, 0.6) is 0 Å². The molecule has 0 radical (unpaired) electrons. The number of carbonyl (C=O) groups excluding carboxylic acids is 2. The molecule has 1 unspecified atom stereocenters. The number of aromatic nitrogens is 2. The Balaban J connectivity index is 1.90. The van der Waals surface area contributed by atoms with E-state index in [0.717, 1.165) is 25.1 Å². The molecule has 0 bridgehead atoms. The SMILES string of the molecule is CNC(=O)CCN(C=O)C1Cc2ccnn2C1. The van der Waals surface area contributed by atoms with Gasteiger partial charge in [0.2, 0.25) is 12.3 Å². The van der Waals surface area contributed by atoms with E-state index >= 15 is 0 Å². The molecule has 2 rings (SSSR count). The highest BCUT2D eigenvalue weighted by molar-refractivity contribution is 5.75. The molecule has 1 N–H and O–H groups in total.